The Bertz CT molecular complexity index is 1160. The first-order valence-corrected chi connectivity index (χ1v) is 12.3. The molecule has 2 fully saturated rings. The predicted octanol–water partition coefficient (Wildman–Crippen LogP) is 5.28. The smallest absolute Gasteiger partial charge is 0.352 e. The summed E-state index contributed by atoms with van der Waals surface area (Å²) >= 11 is 11.8. The number of carbonyl (C=O) groups excluding carboxylic acids is 2. The number of fused-ring (bicyclic) bond motifs is 1. The second-order valence-corrected chi connectivity index (χ2v) is 10.2. The van der Waals surface area contributed by atoms with E-state index in [2.05, 4.69) is 10.2 Å². The summed E-state index contributed by atoms with van der Waals surface area (Å²) in [5, 5.41) is 2.89. The van der Waals surface area contributed by atoms with Gasteiger partial charge in [0.25, 0.3) is 11.8 Å². The Morgan fingerprint density at radius 2 is 1.69 bits per heavy atom. The van der Waals surface area contributed by atoms with Gasteiger partial charge in [-0.1, -0.05) is 29.3 Å². The zero-order valence-corrected chi connectivity index (χ0v) is 21.0. The number of aryl methyl sites for hydroxylation is 1. The number of carbonyl (C=O) groups is 2. The molecule has 11 heteroatoms. The first kappa shape index (κ1) is 26.7. The number of halogens is 6. The van der Waals surface area contributed by atoms with Crippen LogP contribution in [0.25, 0.3) is 0 Å². The van der Waals surface area contributed by atoms with Gasteiger partial charge in [-0.2, -0.15) is 13.2 Å². The fourth-order valence-corrected chi connectivity index (χ4v) is 5.27. The molecule has 0 saturated carbocycles. The average molecular weight is 546 g/mol. The Hall–Kier alpha value is -2.36. The van der Waals surface area contributed by atoms with E-state index < -0.39 is 34.1 Å². The van der Waals surface area contributed by atoms with Gasteiger partial charge in [0.15, 0.2) is 5.82 Å². The number of hydrogen-bond donors (Lipinski definition) is 1. The zero-order valence-electron chi connectivity index (χ0n) is 19.5. The van der Waals surface area contributed by atoms with E-state index in [1.807, 2.05) is 6.92 Å². The molecule has 0 radical (unpaired) electrons. The second-order valence-electron chi connectivity index (χ2n) is 9.34. The van der Waals surface area contributed by atoms with Crippen molar-refractivity contribution < 1.29 is 27.2 Å². The Morgan fingerprint density at radius 1 is 1.03 bits per heavy atom. The van der Waals surface area contributed by atoms with Crippen LogP contribution < -0.4 is 5.32 Å². The highest BCUT2D eigenvalue weighted by atomic mass is 35.5. The van der Waals surface area contributed by atoms with E-state index in [-0.39, 0.29) is 30.8 Å². The SMILES string of the molecule is Cc1ccc(C(=O)NCCCN2CC3CN(C(=O)c4c(C(F)(F)F)ccc(Cl)c4F)CC3C2)cc1Cl. The minimum atomic E-state index is -4.87. The van der Waals surface area contributed by atoms with Crippen LogP contribution in [0.15, 0.2) is 30.3 Å². The van der Waals surface area contributed by atoms with Crippen molar-refractivity contribution in [3.63, 3.8) is 0 Å². The van der Waals surface area contributed by atoms with Gasteiger partial charge in [0.2, 0.25) is 0 Å². The lowest BCUT2D eigenvalue weighted by atomic mass is 10.0. The van der Waals surface area contributed by atoms with Gasteiger partial charge in [-0.05, 0) is 61.6 Å². The van der Waals surface area contributed by atoms with Gasteiger partial charge in [0, 0.05) is 43.3 Å². The Kier molecular flexibility index (Phi) is 7.83. The minimum absolute atomic E-state index is 0.0924. The largest absolute Gasteiger partial charge is 0.417 e. The van der Waals surface area contributed by atoms with Crippen LogP contribution in [0.5, 0.6) is 0 Å². The highest BCUT2D eigenvalue weighted by Gasteiger charge is 2.44. The Morgan fingerprint density at radius 3 is 2.31 bits per heavy atom. The fraction of sp³-hybridized carbons (Fsp3) is 0.440. The molecule has 0 aliphatic carbocycles. The monoisotopic (exact) mass is 545 g/mol. The first-order valence-electron chi connectivity index (χ1n) is 11.6. The summed E-state index contributed by atoms with van der Waals surface area (Å²) in [6, 6.07) is 6.60. The van der Waals surface area contributed by atoms with Gasteiger partial charge in [-0.3, -0.25) is 9.59 Å². The van der Waals surface area contributed by atoms with Crippen molar-refractivity contribution >= 4 is 35.0 Å². The highest BCUT2D eigenvalue weighted by molar-refractivity contribution is 6.31. The van der Waals surface area contributed by atoms with Gasteiger partial charge in [-0.15, -0.1) is 0 Å². The molecule has 194 valence electrons. The molecule has 0 aromatic heterocycles. The van der Waals surface area contributed by atoms with Crippen LogP contribution in [0.1, 0.15) is 38.3 Å². The molecule has 2 aliphatic rings. The van der Waals surface area contributed by atoms with Crippen LogP contribution in [-0.2, 0) is 6.18 Å². The average Bonchev–Trinajstić information content (AvgIpc) is 3.38. The maximum Gasteiger partial charge on any atom is 0.417 e. The number of amides is 2. The molecular formula is C25H25Cl2F4N3O2. The van der Waals surface area contributed by atoms with E-state index in [9.17, 15) is 27.2 Å². The molecule has 1 N–H and O–H groups in total. The first-order chi connectivity index (χ1) is 17.0. The molecule has 0 spiro atoms. The van der Waals surface area contributed by atoms with Crippen LogP contribution in [0.4, 0.5) is 17.6 Å². The van der Waals surface area contributed by atoms with Crippen LogP contribution in [0.2, 0.25) is 10.0 Å². The summed E-state index contributed by atoms with van der Waals surface area (Å²) in [6.45, 7) is 4.95. The van der Waals surface area contributed by atoms with Crippen molar-refractivity contribution in [1.29, 1.82) is 0 Å². The molecule has 2 unspecified atom stereocenters. The second kappa shape index (κ2) is 10.6. The molecule has 2 heterocycles. The molecule has 2 amide bonds. The van der Waals surface area contributed by atoms with E-state index in [1.165, 1.54) is 4.90 Å². The lowest BCUT2D eigenvalue weighted by Gasteiger charge is -2.23. The van der Waals surface area contributed by atoms with Gasteiger partial charge in [0.1, 0.15) is 0 Å². The number of benzene rings is 2. The van der Waals surface area contributed by atoms with Crippen LogP contribution in [0, 0.1) is 24.6 Å². The van der Waals surface area contributed by atoms with Crippen molar-refractivity contribution in [1.82, 2.24) is 15.1 Å². The van der Waals surface area contributed by atoms with Gasteiger partial charge in [-0.25, -0.2) is 4.39 Å². The van der Waals surface area contributed by atoms with E-state index in [4.69, 9.17) is 23.2 Å². The summed E-state index contributed by atoms with van der Waals surface area (Å²) in [5.41, 5.74) is -0.942. The van der Waals surface area contributed by atoms with Gasteiger partial charge < -0.3 is 15.1 Å². The Labute approximate surface area is 216 Å². The summed E-state index contributed by atoms with van der Waals surface area (Å²) in [4.78, 5) is 28.7. The maximum absolute atomic E-state index is 14.5. The standard InChI is InChI=1S/C25H25Cl2F4N3O2/c1-14-3-4-15(9-20(14)27)23(35)32-7-2-8-33-10-16-12-34(13-17(16)11-33)24(36)21-18(25(29,30)31)5-6-19(26)22(21)28/h3-6,9,16-17H,2,7-8,10-13H2,1H3,(H,32,35). The highest BCUT2D eigenvalue weighted by Crippen LogP contribution is 2.38. The number of hydrogen-bond acceptors (Lipinski definition) is 3. The number of alkyl halides is 3. The molecule has 4 rings (SSSR count). The minimum Gasteiger partial charge on any atom is -0.352 e. The summed E-state index contributed by atoms with van der Waals surface area (Å²) in [5.74, 6) is -2.34. The van der Waals surface area contributed by atoms with Crippen LogP contribution >= 0.6 is 23.2 Å². The van der Waals surface area contributed by atoms with Gasteiger partial charge >= 0.3 is 6.18 Å². The van der Waals surface area contributed by atoms with Crippen molar-refractivity contribution in [2.45, 2.75) is 19.5 Å². The van der Waals surface area contributed by atoms with E-state index >= 15 is 0 Å². The molecule has 5 nitrogen and oxygen atoms in total. The third-order valence-corrected chi connectivity index (χ3v) is 7.53. The summed E-state index contributed by atoms with van der Waals surface area (Å²) < 4.78 is 54.7. The molecule has 2 aromatic carbocycles. The molecule has 2 saturated heterocycles. The lowest BCUT2D eigenvalue weighted by Crippen LogP contribution is -2.35. The summed E-state index contributed by atoms with van der Waals surface area (Å²) in [7, 11) is 0. The molecule has 2 aliphatic heterocycles. The molecule has 2 aromatic rings. The summed E-state index contributed by atoms with van der Waals surface area (Å²) in [6.07, 6.45) is -4.15. The number of nitrogens with one attached hydrogen (secondary N) is 1. The quantitative estimate of drug-likeness (QED) is 0.396. The fourth-order valence-electron chi connectivity index (χ4n) is 4.93. The predicted molar refractivity (Wildman–Crippen MR) is 129 cm³/mol. The van der Waals surface area contributed by atoms with Crippen molar-refractivity contribution in [3.8, 4) is 0 Å². The van der Waals surface area contributed by atoms with Crippen molar-refractivity contribution in [3.05, 3.63) is 68.4 Å². The lowest BCUT2D eigenvalue weighted by molar-refractivity contribution is -0.138. The van der Waals surface area contributed by atoms with E-state index in [1.54, 1.807) is 18.2 Å². The number of nitrogens with zero attached hydrogens (tertiary/aromatic N) is 2. The van der Waals surface area contributed by atoms with Crippen molar-refractivity contribution in [2.24, 2.45) is 11.8 Å². The topological polar surface area (TPSA) is 52.7 Å². The maximum atomic E-state index is 14.5. The number of likely N-dealkylation sites (tertiary alicyclic amines) is 2. The van der Waals surface area contributed by atoms with Crippen LogP contribution in [0.3, 0.4) is 0 Å². The van der Waals surface area contributed by atoms with Crippen molar-refractivity contribution in [2.75, 3.05) is 39.3 Å². The number of rotatable bonds is 6. The van der Waals surface area contributed by atoms with E-state index in [0.717, 1.165) is 24.6 Å². The zero-order chi connectivity index (χ0) is 26.2. The molecule has 36 heavy (non-hydrogen) atoms. The molecule has 0 bridgehead atoms. The van der Waals surface area contributed by atoms with Crippen LogP contribution in [-0.4, -0.2) is 60.9 Å². The van der Waals surface area contributed by atoms with Gasteiger partial charge in [0.05, 0.1) is 16.1 Å². The van der Waals surface area contributed by atoms with E-state index in [0.29, 0.717) is 36.3 Å². The normalized spacial score (nSPS) is 20.0. The Balaban J connectivity index is 1.27. The third-order valence-electron chi connectivity index (χ3n) is 6.83. The molecule has 2 atom stereocenters. The third kappa shape index (κ3) is 5.63. The molecular weight excluding hydrogens is 521 g/mol.